The number of ether oxygens (including phenoxy) is 1. The van der Waals surface area contributed by atoms with Crippen molar-refractivity contribution < 1.29 is 9.84 Å². The van der Waals surface area contributed by atoms with E-state index in [0.29, 0.717) is 25.0 Å². The van der Waals surface area contributed by atoms with Crippen LogP contribution in [0.3, 0.4) is 0 Å². The molecule has 4 aromatic heterocycles. The maximum absolute atomic E-state index is 11.7. The smallest absolute Gasteiger partial charge is 0.250 e. The van der Waals surface area contributed by atoms with Crippen LogP contribution in [0, 0.1) is 0 Å². The van der Waals surface area contributed by atoms with E-state index in [9.17, 15) is 9.90 Å². The summed E-state index contributed by atoms with van der Waals surface area (Å²) in [6.45, 7) is 3.15. The molecular formula is C26H33N7O3. The van der Waals surface area contributed by atoms with Gasteiger partial charge in [-0.25, -0.2) is 9.50 Å². The van der Waals surface area contributed by atoms with Crippen LogP contribution >= 0.6 is 0 Å². The van der Waals surface area contributed by atoms with Gasteiger partial charge in [0.05, 0.1) is 37.2 Å². The molecule has 2 N–H and O–H groups in total. The molecule has 4 heterocycles. The van der Waals surface area contributed by atoms with Gasteiger partial charge < -0.3 is 19.7 Å². The summed E-state index contributed by atoms with van der Waals surface area (Å²) in [4.78, 5) is 16.3. The fourth-order valence-electron chi connectivity index (χ4n) is 5.01. The number of aromatic nitrogens is 6. The van der Waals surface area contributed by atoms with Crippen molar-refractivity contribution in [2.24, 2.45) is 7.05 Å². The number of hydrogen-bond acceptors (Lipinski definition) is 7. The summed E-state index contributed by atoms with van der Waals surface area (Å²) in [5.41, 5.74) is 5.02. The predicted octanol–water partition coefficient (Wildman–Crippen LogP) is 2.81. The number of rotatable bonds is 8. The quantitative estimate of drug-likeness (QED) is 0.390. The van der Waals surface area contributed by atoms with Gasteiger partial charge in [0.2, 0.25) is 11.5 Å². The van der Waals surface area contributed by atoms with Gasteiger partial charge in [-0.05, 0) is 44.2 Å². The zero-order chi connectivity index (χ0) is 25.2. The highest BCUT2D eigenvalue weighted by Crippen LogP contribution is 2.37. The molecule has 190 valence electrons. The molecule has 1 aliphatic rings. The van der Waals surface area contributed by atoms with Crippen molar-refractivity contribution in [1.82, 2.24) is 28.9 Å². The minimum atomic E-state index is -0.218. The van der Waals surface area contributed by atoms with E-state index in [4.69, 9.17) is 9.84 Å². The lowest BCUT2D eigenvalue weighted by atomic mass is 9.85. The Morgan fingerprint density at radius 1 is 1.19 bits per heavy atom. The monoisotopic (exact) mass is 491 g/mol. The summed E-state index contributed by atoms with van der Waals surface area (Å²) in [6.07, 6.45) is 10.8. The highest BCUT2D eigenvalue weighted by atomic mass is 16.5. The van der Waals surface area contributed by atoms with Gasteiger partial charge in [-0.1, -0.05) is 6.07 Å². The van der Waals surface area contributed by atoms with Crippen LogP contribution in [0.4, 0.5) is 5.95 Å². The first kappa shape index (κ1) is 24.2. The van der Waals surface area contributed by atoms with E-state index in [2.05, 4.69) is 21.5 Å². The van der Waals surface area contributed by atoms with Gasteiger partial charge in [0, 0.05) is 61.4 Å². The first-order chi connectivity index (χ1) is 17.4. The number of pyridine rings is 1. The van der Waals surface area contributed by atoms with Crippen LogP contribution in [0.15, 0.2) is 47.8 Å². The van der Waals surface area contributed by atoms with Crippen molar-refractivity contribution in [2.45, 2.75) is 57.2 Å². The molecule has 10 heteroatoms. The molecule has 1 fully saturated rings. The van der Waals surface area contributed by atoms with Gasteiger partial charge in [0.25, 0.3) is 0 Å². The Morgan fingerprint density at radius 2 is 2.00 bits per heavy atom. The van der Waals surface area contributed by atoms with Crippen LogP contribution in [-0.4, -0.2) is 59.9 Å². The summed E-state index contributed by atoms with van der Waals surface area (Å²) in [6, 6.07) is 5.68. The second-order valence-electron chi connectivity index (χ2n) is 9.78. The number of aliphatic hydroxyl groups excluding tert-OH is 1. The Morgan fingerprint density at radius 3 is 2.75 bits per heavy atom. The van der Waals surface area contributed by atoms with Crippen molar-refractivity contribution in [3.05, 3.63) is 64.6 Å². The van der Waals surface area contributed by atoms with Crippen LogP contribution < -0.4 is 10.9 Å². The predicted molar refractivity (Wildman–Crippen MR) is 137 cm³/mol. The van der Waals surface area contributed by atoms with Crippen LogP contribution in [0.2, 0.25) is 0 Å². The number of nitrogens with zero attached hydrogens (tertiary/aromatic N) is 6. The number of hydrogen-bond donors (Lipinski definition) is 2. The molecule has 0 amide bonds. The van der Waals surface area contributed by atoms with Crippen LogP contribution in [-0.2, 0) is 18.3 Å². The SMILES string of the molecule is COC[C@H](C)Nc1ncc2c(-c3cnn(Cc4ccc(=O)n(C)c4)c3)cc([C@H]3CC[C@H](O)CC3)n2n1. The Hall–Kier alpha value is -3.50. The second kappa shape index (κ2) is 10.2. The molecule has 0 radical (unpaired) electrons. The summed E-state index contributed by atoms with van der Waals surface area (Å²) in [5.74, 6) is 0.867. The Kier molecular flexibility index (Phi) is 6.88. The molecule has 1 saturated carbocycles. The van der Waals surface area contributed by atoms with E-state index < -0.39 is 0 Å². The Bertz CT molecular complexity index is 1400. The third-order valence-corrected chi connectivity index (χ3v) is 6.89. The molecule has 0 unspecified atom stereocenters. The van der Waals surface area contributed by atoms with Gasteiger partial charge in [0.15, 0.2) is 0 Å². The highest BCUT2D eigenvalue weighted by Gasteiger charge is 2.26. The number of methoxy groups -OCH3 is 1. The van der Waals surface area contributed by atoms with Crippen molar-refractivity contribution in [3.63, 3.8) is 0 Å². The molecular weight excluding hydrogens is 458 g/mol. The first-order valence-electron chi connectivity index (χ1n) is 12.4. The normalized spacial score (nSPS) is 19.0. The molecule has 4 aromatic rings. The first-order valence-corrected chi connectivity index (χ1v) is 12.4. The molecule has 0 aliphatic heterocycles. The van der Waals surface area contributed by atoms with Crippen molar-refractivity contribution in [3.8, 4) is 11.1 Å². The van der Waals surface area contributed by atoms with E-state index in [1.54, 1.807) is 24.8 Å². The highest BCUT2D eigenvalue weighted by molar-refractivity contribution is 5.81. The average Bonchev–Trinajstić information content (AvgIpc) is 3.46. The lowest BCUT2D eigenvalue weighted by Crippen LogP contribution is -2.23. The van der Waals surface area contributed by atoms with Crippen molar-refractivity contribution in [2.75, 3.05) is 19.0 Å². The van der Waals surface area contributed by atoms with Gasteiger partial charge in [-0.15, -0.1) is 5.10 Å². The lowest BCUT2D eigenvalue weighted by Gasteiger charge is -2.25. The largest absolute Gasteiger partial charge is 0.393 e. The van der Waals surface area contributed by atoms with Crippen molar-refractivity contribution in [1.29, 1.82) is 0 Å². The molecule has 0 saturated heterocycles. The maximum atomic E-state index is 11.7. The lowest BCUT2D eigenvalue weighted by molar-refractivity contribution is 0.121. The minimum Gasteiger partial charge on any atom is -0.393 e. The number of nitrogens with one attached hydrogen (secondary N) is 1. The van der Waals surface area contributed by atoms with Crippen LogP contribution in [0.25, 0.3) is 16.6 Å². The molecule has 1 atom stereocenters. The van der Waals surface area contributed by atoms with Crippen molar-refractivity contribution >= 4 is 11.5 Å². The number of aryl methyl sites for hydroxylation is 1. The molecule has 5 rings (SSSR count). The maximum Gasteiger partial charge on any atom is 0.250 e. The zero-order valence-corrected chi connectivity index (χ0v) is 21.0. The third-order valence-electron chi connectivity index (χ3n) is 6.89. The summed E-state index contributed by atoms with van der Waals surface area (Å²) >= 11 is 0. The van der Waals surface area contributed by atoms with E-state index >= 15 is 0 Å². The van der Waals surface area contributed by atoms with E-state index in [1.165, 1.54) is 0 Å². The van der Waals surface area contributed by atoms with E-state index in [0.717, 1.165) is 53.6 Å². The Balaban J connectivity index is 1.49. The minimum absolute atomic E-state index is 0.0339. The molecule has 0 aromatic carbocycles. The van der Waals surface area contributed by atoms with E-state index in [1.807, 2.05) is 47.0 Å². The van der Waals surface area contributed by atoms with Crippen LogP contribution in [0.5, 0.6) is 0 Å². The summed E-state index contributed by atoms with van der Waals surface area (Å²) in [7, 11) is 3.42. The number of aliphatic hydroxyl groups is 1. The molecule has 10 nitrogen and oxygen atoms in total. The molecule has 0 bridgehead atoms. The summed E-state index contributed by atoms with van der Waals surface area (Å²) in [5, 5.41) is 22.8. The number of fused-ring (bicyclic) bond motifs is 1. The van der Waals surface area contributed by atoms with Gasteiger partial charge in [-0.2, -0.15) is 5.10 Å². The Labute approximate surface area is 209 Å². The molecule has 0 spiro atoms. The van der Waals surface area contributed by atoms with Gasteiger partial charge in [-0.3, -0.25) is 9.48 Å². The van der Waals surface area contributed by atoms with Gasteiger partial charge >= 0.3 is 0 Å². The summed E-state index contributed by atoms with van der Waals surface area (Å²) < 4.78 is 10.7. The second-order valence-corrected chi connectivity index (χ2v) is 9.78. The topological polar surface area (TPSA) is 112 Å². The zero-order valence-electron chi connectivity index (χ0n) is 21.0. The van der Waals surface area contributed by atoms with Gasteiger partial charge in [0.1, 0.15) is 0 Å². The van der Waals surface area contributed by atoms with E-state index in [-0.39, 0.29) is 17.7 Å². The van der Waals surface area contributed by atoms with Crippen LogP contribution in [0.1, 0.15) is 49.8 Å². The fourth-order valence-corrected chi connectivity index (χ4v) is 5.01. The third kappa shape index (κ3) is 5.05. The standard InChI is InChI=1S/C26H33N7O3/c1-17(16-36-3)29-26-27-12-24-22(10-23(33(24)30-26)19-5-7-21(34)8-6-19)20-11-28-32(15-20)14-18-4-9-25(35)31(2)13-18/h4,9-13,15,17,19,21,34H,5-8,14,16H2,1-3H3,(H,29,30)/t17-,19-,21-/m0/s1. The fraction of sp³-hybridized carbons (Fsp3) is 0.462. The average molecular weight is 492 g/mol. The molecule has 1 aliphatic carbocycles. The number of anilines is 1. The molecule has 36 heavy (non-hydrogen) atoms.